The topological polar surface area (TPSA) is 43.8 Å². The molecule has 3 rings (SSSR count). The molecule has 1 aromatic heterocycles. The highest BCUT2D eigenvalue weighted by Gasteiger charge is 2.05. The largest absolute Gasteiger partial charge is 0.399 e. The highest BCUT2D eigenvalue weighted by molar-refractivity contribution is 5.40. The first kappa shape index (κ1) is 13.4. The van der Waals surface area contributed by atoms with Crippen LogP contribution in [0.25, 0.3) is 0 Å². The predicted octanol–water partition coefficient (Wildman–Crippen LogP) is 3.24. The quantitative estimate of drug-likeness (QED) is 0.746. The second-order valence-electron chi connectivity index (χ2n) is 5.02. The lowest BCUT2D eigenvalue weighted by molar-refractivity contribution is 0.622. The van der Waals surface area contributed by atoms with E-state index in [9.17, 15) is 4.39 Å². The molecule has 2 N–H and O–H groups in total. The summed E-state index contributed by atoms with van der Waals surface area (Å²) in [5.41, 5.74) is 8.51. The molecule has 0 unspecified atom stereocenters. The van der Waals surface area contributed by atoms with Crippen molar-refractivity contribution in [3.8, 4) is 0 Å². The second-order valence-corrected chi connectivity index (χ2v) is 5.02. The number of hydrogen-bond donors (Lipinski definition) is 1. The molecule has 2 aromatic carbocycles. The van der Waals surface area contributed by atoms with Crippen LogP contribution in [-0.2, 0) is 13.0 Å². The molecule has 4 heteroatoms. The zero-order chi connectivity index (χ0) is 14.7. The van der Waals surface area contributed by atoms with Gasteiger partial charge in [-0.3, -0.25) is 0 Å². The first-order chi connectivity index (χ1) is 10.2. The van der Waals surface area contributed by atoms with Crippen LogP contribution < -0.4 is 5.73 Å². The maximum atomic E-state index is 13.2. The third kappa shape index (κ3) is 3.28. The number of hydrogen-bond acceptors (Lipinski definition) is 2. The first-order valence-corrected chi connectivity index (χ1v) is 6.79. The molecule has 0 aliphatic rings. The minimum Gasteiger partial charge on any atom is -0.399 e. The summed E-state index contributed by atoms with van der Waals surface area (Å²) in [6.07, 6.45) is 4.41. The average molecular weight is 281 g/mol. The molecule has 3 nitrogen and oxygen atoms in total. The molecule has 0 atom stereocenters. The van der Waals surface area contributed by atoms with Gasteiger partial charge in [0.25, 0.3) is 0 Å². The number of rotatable bonds is 4. The Kier molecular flexibility index (Phi) is 3.69. The van der Waals surface area contributed by atoms with E-state index in [2.05, 4.69) is 4.98 Å². The summed E-state index contributed by atoms with van der Waals surface area (Å²) in [7, 11) is 0. The SMILES string of the molecule is Nc1ccc(Cc2nccn2Cc2cccc(F)c2)cc1. The standard InChI is InChI=1S/C17H16FN3/c18-15-3-1-2-14(10-15)12-21-9-8-20-17(21)11-13-4-6-16(19)7-5-13/h1-10H,11-12,19H2. The Bertz CT molecular complexity index is 732. The lowest BCUT2D eigenvalue weighted by Gasteiger charge is -2.08. The van der Waals surface area contributed by atoms with Crippen molar-refractivity contribution >= 4 is 5.69 Å². The van der Waals surface area contributed by atoms with Gasteiger partial charge in [-0.1, -0.05) is 24.3 Å². The average Bonchev–Trinajstić information content (AvgIpc) is 2.89. The number of aromatic nitrogens is 2. The third-order valence-corrected chi connectivity index (χ3v) is 3.39. The Morgan fingerprint density at radius 3 is 2.62 bits per heavy atom. The summed E-state index contributed by atoms with van der Waals surface area (Å²) in [4.78, 5) is 4.39. The van der Waals surface area contributed by atoms with Crippen molar-refractivity contribution in [1.82, 2.24) is 9.55 Å². The van der Waals surface area contributed by atoms with Gasteiger partial charge in [-0.2, -0.15) is 0 Å². The van der Waals surface area contributed by atoms with Crippen molar-refractivity contribution in [2.24, 2.45) is 0 Å². The van der Waals surface area contributed by atoms with E-state index in [1.807, 2.05) is 41.1 Å². The molecule has 1 heterocycles. The number of nitrogens with zero attached hydrogens (tertiary/aromatic N) is 2. The van der Waals surface area contributed by atoms with Gasteiger partial charge in [-0.25, -0.2) is 9.37 Å². The van der Waals surface area contributed by atoms with Gasteiger partial charge in [0, 0.05) is 31.0 Å². The minimum absolute atomic E-state index is 0.215. The van der Waals surface area contributed by atoms with Gasteiger partial charge < -0.3 is 10.3 Å². The maximum Gasteiger partial charge on any atom is 0.123 e. The third-order valence-electron chi connectivity index (χ3n) is 3.39. The first-order valence-electron chi connectivity index (χ1n) is 6.79. The Balaban J connectivity index is 1.79. The van der Waals surface area contributed by atoms with Gasteiger partial charge in [0.1, 0.15) is 11.6 Å². The van der Waals surface area contributed by atoms with E-state index < -0.39 is 0 Å². The minimum atomic E-state index is -0.215. The van der Waals surface area contributed by atoms with Crippen molar-refractivity contribution < 1.29 is 4.39 Å². The molecule has 0 radical (unpaired) electrons. The van der Waals surface area contributed by atoms with Gasteiger partial charge in [0.05, 0.1) is 0 Å². The molecule has 0 amide bonds. The molecule has 0 aliphatic heterocycles. The van der Waals surface area contributed by atoms with Crippen LogP contribution in [0, 0.1) is 5.82 Å². The van der Waals surface area contributed by atoms with Crippen LogP contribution in [0.1, 0.15) is 17.0 Å². The zero-order valence-electron chi connectivity index (χ0n) is 11.5. The summed E-state index contributed by atoms with van der Waals surface area (Å²) >= 11 is 0. The van der Waals surface area contributed by atoms with Gasteiger partial charge in [-0.15, -0.1) is 0 Å². The summed E-state index contributed by atoms with van der Waals surface area (Å²) in [6.45, 7) is 0.613. The van der Waals surface area contributed by atoms with Crippen LogP contribution in [0.2, 0.25) is 0 Å². The van der Waals surface area contributed by atoms with Crippen LogP contribution in [-0.4, -0.2) is 9.55 Å². The van der Waals surface area contributed by atoms with Gasteiger partial charge in [0.15, 0.2) is 0 Å². The zero-order valence-corrected chi connectivity index (χ0v) is 11.5. The number of halogens is 1. The molecule has 0 aliphatic carbocycles. The summed E-state index contributed by atoms with van der Waals surface area (Å²) in [5.74, 6) is 0.733. The molecule has 21 heavy (non-hydrogen) atoms. The fraction of sp³-hybridized carbons (Fsp3) is 0.118. The van der Waals surface area contributed by atoms with Crippen LogP contribution >= 0.6 is 0 Å². The monoisotopic (exact) mass is 281 g/mol. The van der Waals surface area contributed by atoms with E-state index >= 15 is 0 Å². The van der Waals surface area contributed by atoms with E-state index in [0.717, 1.165) is 29.1 Å². The Labute approximate surface area is 122 Å². The molecule has 0 fully saturated rings. The molecular weight excluding hydrogens is 265 g/mol. The second kappa shape index (κ2) is 5.79. The van der Waals surface area contributed by atoms with Crippen LogP contribution in [0.4, 0.5) is 10.1 Å². The molecule has 3 aromatic rings. The number of nitrogen functional groups attached to an aromatic ring is 1. The fourth-order valence-corrected chi connectivity index (χ4v) is 2.30. The van der Waals surface area contributed by atoms with E-state index in [1.54, 1.807) is 18.3 Å². The molecule has 106 valence electrons. The fourth-order valence-electron chi connectivity index (χ4n) is 2.30. The van der Waals surface area contributed by atoms with Crippen molar-refractivity contribution in [1.29, 1.82) is 0 Å². The number of benzene rings is 2. The number of anilines is 1. The maximum absolute atomic E-state index is 13.2. The Hall–Kier alpha value is -2.62. The number of imidazole rings is 1. The van der Waals surface area contributed by atoms with E-state index in [4.69, 9.17) is 5.73 Å². The van der Waals surface area contributed by atoms with E-state index in [-0.39, 0.29) is 5.82 Å². The van der Waals surface area contributed by atoms with E-state index in [0.29, 0.717) is 6.54 Å². The summed E-state index contributed by atoms with van der Waals surface area (Å²) in [6, 6.07) is 14.4. The van der Waals surface area contributed by atoms with Gasteiger partial charge >= 0.3 is 0 Å². The summed E-state index contributed by atoms with van der Waals surface area (Å²) < 4.78 is 15.3. The van der Waals surface area contributed by atoms with Crippen molar-refractivity contribution in [2.75, 3.05) is 5.73 Å². The molecule has 0 bridgehead atoms. The normalized spacial score (nSPS) is 10.7. The molecular formula is C17H16FN3. The molecule has 0 saturated carbocycles. The van der Waals surface area contributed by atoms with Gasteiger partial charge in [0.2, 0.25) is 0 Å². The Morgan fingerprint density at radius 2 is 1.86 bits per heavy atom. The van der Waals surface area contributed by atoms with Crippen molar-refractivity contribution in [2.45, 2.75) is 13.0 Å². The predicted molar refractivity (Wildman–Crippen MR) is 81.4 cm³/mol. The summed E-state index contributed by atoms with van der Waals surface area (Å²) in [5, 5.41) is 0. The number of nitrogens with two attached hydrogens (primary N) is 1. The van der Waals surface area contributed by atoms with Crippen molar-refractivity contribution in [3.05, 3.63) is 83.7 Å². The molecule has 0 spiro atoms. The highest BCUT2D eigenvalue weighted by Crippen LogP contribution is 2.13. The van der Waals surface area contributed by atoms with Crippen LogP contribution in [0.15, 0.2) is 60.9 Å². The lowest BCUT2D eigenvalue weighted by atomic mass is 10.1. The lowest BCUT2D eigenvalue weighted by Crippen LogP contribution is -2.05. The Morgan fingerprint density at radius 1 is 1.05 bits per heavy atom. The van der Waals surface area contributed by atoms with Crippen molar-refractivity contribution in [3.63, 3.8) is 0 Å². The van der Waals surface area contributed by atoms with E-state index in [1.165, 1.54) is 6.07 Å². The molecule has 0 saturated heterocycles. The van der Waals surface area contributed by atoms with Crippen LogP contribution in [0.5, 0.6) is 0 Å². The highest BCUT2D eigenvalue weighted by atomic mass is 19.1. The van der Waals surface area contributed by atoms with Crippen LogP contribution in [0.3, 0.4) is 0 Å². The van der Waals surface area contributed by atoms with Gasteiger partial charge in [-0.05, 0) is 35.4 Å². The smallest absolute Gasteiger partial charge is 0.123 e.